The van der Waals surface area contributed by atoms with E-state index in [1.165, 1.54) is 16.0 Å². The average molecular weight is 508 g/mol. The molecule has 0 radical (unpaired) electrons. The van der Waals surface area contributed by atoms with Crippen LogP contribution in [0.3, 0.4) is 0 Å². The van der Waals surface area contributed by atoms with E-state index >= 15 is 0 Å². The number of hydrogen-bond donors (Lipinski definition) is 1. The molecular formula is C24H34ClN5O3S. The fourth-order valence-corrected chi connectivity index (χ4v) is 5.39. The summed E-state index contributed by atoms with van der Waals surface area (Å²) >= 11 is 7.59. The number of ether oxygens (including phenoxy) is 1. The molecule has 8 nitrogen and oxygen atoms in total. The lowest BCUT2D eigenvalue weighted by molar-refractivity contribution is 0.0435. The summed E-state index contributed by atoms with van der Waals surface area (Å²) in [7, 11) is 0. The number of morpholine rings is 1. The number of anilines is 1. The number of halogens is 1. The molecule has 2 fully saturated rings. The van der Waals surface area contributed by atoms with E-state index in [4.69, 9.17) is 21.4 Å². The lowest BCUT2D eigenvalue weighted by Gasteiger charge is -2.32. The molecule has 2 aromatic rings. The van der Waals surface area contributed by atoms with E-state index in [0.717, 1.165) is 40.7 Å². The molecule has 186 valence electrons. The third kappa shape index (κ3) is 5.93. The third-order valence-electron chi connectivity index (χ3n) is 6.33. The first kappa shape index (κ1) is 25.0. The van der Waals surface area contributed by atoms with Crippen LogP contribution in [0, 0.1) is 5.41 Å². The number of hydrogen-bond acceptors (Lipinski definition) is 6. The molecule has 34 heavy (non-hydrogen) atoms. The molecule has 4 rings (SSSR count). The van der Waals surface area contributed by atoms with Gasteiger partial charge in [-0.1, -0.05) is 32.4 Å². The quantitative estimate of drug-likeness (QED) is 0.635. The van der Waals surface area contributed by atoms with Crippen LogP contribution in [0.25, 0.3) is 0 Å². The van der Waals surface area contributed by atoms with E-state index in [0.29, 0.717) is 45.2 Å². The second-order valence-electron chi connectivity index (χ2n) is 9.98. The van der Waals surface area contributed by atoms with Crippen molar-refractivity contribution in [2.75, 3.05) is 44.7 Å². The van der Waals surface area contributed by atoms with Gasteiger partial charge in [-0.15, -0.1) is 11.3 Å². The number of nitrogens with one attached hydrogen (secondary N) is 1. The first-order valence-corrected chi connectivity index (χ1v) is 13.2. The predicted octanol–water partition coefficient (Wildman–Crippen LogP) is 4.92. The number of urea groups is 1. The van der Waals surface area contributed by atoms with Crippen LogP contribution in [0.2, 0.25) is 4.34 Å². The van der Waals surface area contributed by atoms with Gasteiger partial charge in [0.05, 0.1) is 29.8 Å². The Hall–Kier alpha value is -2.10. The molecule has 10 heteroatoms. The number of rotatable bonds is 4. The van der Waals surface area contributed by atoms with Crippen LogP contribution in [0.1, 0.15) is 61.3 Å². The van der Waals surface area contributed by atoms with Crippen molar-refractivity contribution in [2.45, 2.75) is 52.5 Å². The molecular weight excluding hydrogens is 474 g/mol. The third-order valence-corrected chi connectivity index (χ3v) is 7.56. The Balaban J connectivity index is 1.48. The minimum atomic E-state index is -0.559. The fourth-order valence-electron chi connectivity index (χ4n) is 4.36. The zero-order valence-corrected chi connectivity index (χ0v) is 21.8. The van der Waals surface area contributed by atoms with Gasteiger partial charge in [0.15, 0.2) is 0 Å². The Kier molecular flexibility index (Phi) is 7.84. The lowest BCUT2D eigenvalue weighted by Crippen LogP contribution is -2.48. The summed E-state index contributed by atoms with van der Waals surface area (Å²) in [6, 6.07) is 5.97. The molecule has 2 aromatic heterocycles. The van der Waals surface area contributed by atoms with E-state index in [2.05, 4.69) is 5.32 Å². The summed E-state index contributed by atoms with van der Waals surface area (Å²) < 4.78 is 7.64. The summed E-state index contributed by atoms with van der Waals surface area (Å²) in [5, 5.41) is 8.16. The molecule has 2 aliphatic rings. The Morgan fingerprint density at radius 3 is 2.56 bits per heavy atom. The Bertz CT molecular complexity index is 1010. The van der Waals surface area contributed by atoms with Gasteiger partial charge in [-0.25, -0.2) is 4.79 Å². The largest absolute Gasteiger partial charge is 0.378 e. The van der Waals surface area contributed by atoms with Gasteiger partial charge in [-0.05, 0) is 31.4 Å². The van der Waals surface area contributed by atoms with Crippen molar-refractivity contribution in [3.8, 4) is 0 Å². The predicted molar refractivity (Wildman–Crippen MR) is 135 cm³/mol. The summed E-state index contributed by atoms with van der Waals surface area (Å²) in [5.74, 6) is 0.849. The Labute approximate surface area is 210 Å². The Morgan fingerprint density at radius 2 is 1.88 bits per heavy atom. The van der Waals surface area contributed by atoms with Crippen LogP contribution in [-0.4, -0.2) is 70.9 Å². The molecule has 1 atom stereocenters. The molecule has 4 heterocycles. The highest BCUT2D eigenvalue weighted by atomic mass is 35.5. The first-order valence-electron chi connectivity index (χ1n) is 12.0. The summed E-state index contributed by atoms with van der Waals surface area (Å²) in [6.45, 7) is 10.2. The number of carbonyl (C=O) groups is 2. The van der Waals surface area contributed by atoms with Crippen molar-refractivity contribution >= 4 is 40.7 Å². The number of thiophene rings is 1. The van der Waals surface area contributed by atoms with Crippen molar-refractivity contribution in [3.05, 3.63) is 33.1 Å². The lowest BCUT2D eigenvalue weighted by atomic mass is 9.96. The molecule has 1 unspecified atom stereocenters. The van der Waals surface area contributed by atoms with E-state index in [9.17, 15) is 9.59 Å². The summed E-state index contributed by atoms with van der Waals surface area (Å²) in [4.78, 5) is 31.0. The molecule has 0 saturated carbocycles. The maximum absolute atomic E-state index is 13.2. The van der Waals surface area contributed by atoms with Gasteiger partial charge in [0.25, 0.3) is 5.91 Å². The van der Waals surface area contributed by atoms with Crippen LogP contribution in [0.5, 0.6) is 0 Å². The molecule has 0 aliphatic carbocycles. The van der Waals surface area contributed by atoms with Crippen LogP contribution in [0.15, 0.2) is 18.2 Å². The fraction of sp³-hybridized carbons (Fsp3) is 0.625. The van der Waals surface area contributed by atoms with Crippen molar-refractivity contribution in [2.24, 2.45) is 5.41 Å². The zero-order chi connectivity index (χ0) is 24.3. The van der Waals surface area contributed by atoms with Gasteiger partial charge in [0, 0.05) is 48.5 Å². The summed E-state index contributed by atoms with van der Waals surface area (Å²) in [6.07, 6.45) is 2.68. The second kappa shape index (κ2) is 10.7. The highest BCUT2D eigenvalue weighted by Crippen LogP contribution is 2.31. The molecule has 2 aliphatic heterocycles. The van der Waals surface area contributed by atoms with Gasteiger partial charge in [0.2, 0.25) is 0 Å². The number of likely N-dealkylation sites (tertiary alicyclic amines) is 1. The maximum atomic E-state index is 13.2. The van der Waals surface area contributed by atoms with Gasteiger partial charge in [0.1, 0.15) is 5.82 Å². The molecule has 0 aromatic carbocycles. The SMILES string of the molecule is CC(C)(C)C(=O)n1nc(C2CCCN(C(=O)N3CCOCC3)CC2)cc1NCc1ccc(Cl)s1. The highest BCUT2D eigenvalue weighted by molar-refractivity contribution is 7.16. The van der Waals surface area contributed by atoms with Crippen LogP contribution >= 0.6 is 22.9 Å². The number of nitrogens with zero attached hydrogens (tertiary/aromatic N) is 4. The molecule has 2 amide bonds. The van der Waals surface area contributed by atoms with E-state index < -0.39 is 5.41 Å². The topological polar surface area (TPSA) is 79.7 Å². The van der Waals surface area contributed by atoms with Crippen LogP contribution < -0.4 is 5.32 Å². The van der Waals surface area contributed by atoms with E-state index in [1.807, 2.05) is 48.8 Å². The zero-order valence-electron chi connectivity index (χ0n) is 20.2. The van der Waals surface area contributed by atoms with E-state index in [1.54, 1.807) is 0 Å². The second-order valence-corrected chi connectivity index (χ2v) is 11.8. The highest BCUT2D eigenvalue weighted by Gasteiger charge is 2.30. The van der Waals surface area contributed by atoms with Crippen molar-refractivity contribution in [1.82, 2.24) is 19.6 Å². The van der Waals surface area contributed by atoms with Gasteiger partial charge < -0.3 is 19.9 Å². The first-order chi connectivity index (χ1) is 16.2. The van der Waals surface area contributed by atoms with Crippen molar-refractivity contribution in [3.63, 3.8) is 0 Å². The minimum absolute atomic E-state index is 0.0526. The molecule has 1 N–H and O–H groups in total. The van der Waals surface area contributed by atoms with Crippen molar-refractivity contribution < 1.29 is 14.3 Å². The molecule has 0 bridgehead atoms. The van der Waals surface area contributed by atoms with Gasteiger partial charge >= 0.3 is 6.03 Å². The standard InChI is InChI=1S/C24H34ClN5O3S/c1-24(2,3)22(31)30-21(26-16-18-6-7-20(25)34-18)15-19(27-30)17-5-4-9-28(10-8-17)23(32)29-11-13-33-14-12-29/h6-7,15,17,26H,4-5,8-14,16H2,1-3H3. The maximum Gasteiger partial charge on any atom is 0.320 e. The van der Waals surface area contributed by atoms with E-state index in [-0.39, 0.29) is 17.9 Å². The van der Waals surface area contributed by atoms with Gasteiger partial charge in [-0.3, -0.25) is 4.79 Å². The molecule has 2 saturated heterocycles. The molecule has 0 spiro atoms. The number of amides is 2. The number of carbonyl (C=O) groups excluding carboxylic acids is 2. The van der Waals surface area contributed by atoms with Gasteiger partial charge in [-0.2, -0.15) is 9.78 Å². The van der Waals surface area contributed by atoms with Crippen LogP contribution in [-0.2, 0) is 11.3 Å². The number of aromatic nitrogens is 2. The summed E-state index contributed by atoms with van der Waals surface area (Å²) in [5.41, 5.74) is 0.349. The van der Waals surface area contributed by atoms with Crippen LogP contribution in [0.4, 0.5) is 10.6 Å². The van der Waals surface area contributed by atoms with Crippen molar-refractivity contribution in [1.29, 1.82) is 0 Å². The smallest absolute Gasteiger partial charge is 0.320 e. The average Bonchev–Trinajstić information content (AvgIpc) is 3.34. The Morgan fingerprint density at radius 1 is 1.15 bits per heavy atom. The minimum Gasteiger partial charge on any atom is -0.378 e. The monoisotopic (exact) mass is 507 g/mol. The normalized spacial score (nSPS) is 19.7.